The predicted molar refractivity (Wildman–Crippen MR) is 97.9 cm³/mol. The van der Waals surface area contributed by atoms with Crippen LogP contribution >= 0.6 is 11.6 Å². The van der Waals surface area contributed by atoms with E-state index < -0.39 is 11.7 Å². The van der Waals surface area contributed by atoms with Gasteiger partial charge in [0.15, 0.2) is 0 Å². The van der Waals surface area contributed by atoms with E-state index in [1.807, 2.05) is 0 Å². The normalized spacial score (nSPS) is 15.4. The molecule has 0 atom stereocenters. The van der Waals surface area contributed by atoms with Crippen molar-refractivity contribution < 1.29 is 22.8 Å². The number of rotatable bonds is 3. The Labute approximate surface area is 164 Å². The number of amides is 2. The van der Waals surface area contributed by atoms with Gasteiger partial charge in [-0.05, 0) is 49.2 Å². The third kappa shape index (κ3) is 4.81. The van der Waals surface area contributed by atoms with Gasteiger partial charge in [-0.15, -0.1) is 0 Å². The number of nitrogens with zero attached hydrogens (tertiary/aromatic N) is 2. The first-order chi connectivity index (χ1) is 13.2. The number of carbonyl (C=O) groups excluding carboxylic acids is 2. The molecule has 148 valence electrons. The van der Waals surface area contributed by atoms with E-state index in [0.717, 1.165) is 12.1 Å². The molecule has 0 aliphatic carbocycles. The highest BCUT2D eigenvalue weighted by Gasteiger charge is 2.31. The van der Waals surface area contributed by atoms with Gasteiger partial charge in [-0.25, -0.2) is 4.98 Å². The molecule has 1 aromatic carbocycles. The molecule has 5 nitrogen and oxygen atoms in total. The summed E-state index contributed by atoms with van der Waals surface area (Å²) in [5.41, 5.74) is -0.0584. The van der Waals surface area contributed by atoms with Crippen LogP contribution in [0, 0.1) is 5.92 Å². The molecule has 2 heterocycles. The van der Waals surface area contributed by atoms with Crippen molar-refractivity contribution in [2.24, 2.45) is 5.92 Å². The summed E-state index contributed by atoms with van der Waals surface area (Å²) in [4.78, 5) is 30.3. The van der Waals surface area contributed by atoms with Crippen LogP contribution in [0.1, 0.15) is 28.8 Å². The lowest BCUT2D eigenvalue weighted by Crippen LogP contribution is -2.41. The standard InChI is InChI=1S/C19H17ClF3N3O2/c20-16-6-5-15(11-24-16)25-17(27)12-7-9-26(10-8-12)18(28)13-1-3-14(4-2-13)19(21,22)23/h1-6,11-12H,7-10H2,(H,25,27). The molecule has 9 heteroatoms. The SMILES string of the molecule is O=C(Nc1ccc(Cl)nc1)C1CCN(C(=O)c2ccc(C(F)(F)F)cc2)CC1. The van der Waals surface area contributed by atoms with Gasteiger partial charge in [-0.2, -0.15) is 13.2 Å². The number of aromatic nitrogens is 1. The summed E-state index contributed by atoms with van der Waals surface area (Å²) in [5.74, 6) is -0.757. The van der Waals surface area contributed by atoms with Gasteiger partial charge in [-0.1, -0.05) is 11.6 Å². The molecule has 1 aromatic heterocycles. The van der Waals surface area contributed by atoms with Crippen LogP contribution in [0.5, 0.6) is 0 Å². The number of piperidine rings is 1. The molecule has 3 rings (SSSR count). The summed E-state index contributed by atoms with van der Waals surface area (Å²) in [6, 6.07) is 7.37. The minimum atomic E-state index is -4.44. The van der Waals surface area contributed by atoms with E-state index in [9.17, 15) is 22.8 Å². The van der Waals surface area contributed by atoms with E-state index in [2.05, 4.69) is 10.3 Å². The Bertz CT molecular complexity index is 846. The number of halogens is 4. The van der Waals surface area contributed by atoms with Gasteiger partial charge in [0.2, 0.25) is 5.91 Å². The molecule has 0 saturated carbocycles. The first-order valence-corrected chi connectivity index (χ1v) is 9.01. The van der Waals surface area contributed by atoms with Crippen molar-refractivity contribution in [2.45, 2.75) is 19.0 Å². The van der Waals surface area contributed by atoms with E-state index in [4.69, 9.17) is 11.6 Å². The number of benzene rings is 1. The molecule has 1 aliphatic heterocycles. The van der Waals surface area contributed by atoms with Crippen LogP contribution < -0.4 is 5.32 Å². The number of pyridine rings is 1. The average molecular weight is 412 g/mol. The Morgan fingerprint density at radius 2 is 1.71 bits per heavy atom. The number of likely N-dealkylation sites (tertiary alicyclic amines) is 1. The third-order valence-corrected chi connectivity index (χ3v) is 4.83. The van der Waals surface area contributed by atoms with Gasteiger partial charge in [0.25, 0.3) is 5.91 Å². The van der Waals surface area contributed by atoms with Crippen molar-refractivity contribution in [3.05, 3.63) is 58.9 Å². The second-order valence-electron chi connectivity index (χ2n) is 6.50. The smallest absolute Gasteiger partial charge is 0.339 e. The summed E-state index contributed by atoms with van der Waals surface area (Å²) in [6.07, 6.45) is -2.03. The van der Waals surface area contributed by atoms with Crippen LogP contribution in [-0.2, 0) is 11.0 Å². The van der Waals surface area contributed by atoms with E-state index in [1.54, 1.807) is 17.0 Å². The lowest BCUT2D eigenvalue weighted by Gasteiger charge is -2.31. The van der Waals surface area contributed by atoms with Gasteiger partial charge in [0.1, 0.15) is 5.15 Å². The van der Waals surface area contributed by atoms with Gasteiger partial charge < -0.3 is 10.2 Å². The molecule has 0 unspecified atom stereocenters. The number of nitrogens with one attached hydrogen (secondary N) is 1. The molecule has 1 N–H and O–H groups in total. The molecule has 0 radical (unpaired) electrons. The highest BCUT2D eigenvalue weighted by molar-refractivity contribution is 6.29. The van der Waals surface area contributed by atoms with Crippen LogP contribution in [0.2, 0.25) is 5.15 Å². The monoisotopic (exact) mass is 411 g/mol. The Morgan fingerprint density at radius 3 is 2.25 bits per heavy atom. The molecule has 28 heavy (non-hydrogen) atoms. The van der Waals surface area contributed by atoms with Gasteiger partial charge in [-0.3, -0.25) is 9.59 Å². The maximum atomic E-state index is 12.6. The van der Waals surface area contributed by atoms with Gasteiger partial charge in [0, 0.05) is 24.6 Å². The summed E-state index contributed by atoms with van der Waals surface area (Å²) in [5, 5.41) is 3.09. The molecular weight excluding hydrogens is 395 g/mol. The summed E-state index contributed by atoms with van der Waals surface area (Å²) in [7, 11) is 0. The van der Waals surface area contributed by atoms with Crippen molar-refractivity contribution in [1.29, 1.82) is 0 Å². The third-order valence-electron chi connectivity index (χ3n) is 4.61. The molecule has 2 amide bonds. The fraction of sp³-hybridized carbons (Fsp3) is 0.316. The second kappa shape index (κ2) is 8.18. The maximum absolute atomic E-state index is 12.6. The largest absolute Gasteiger partial charge is 0.416 e. The Balaban J connectivity index is 1.55. The lowest BCUT2D eigenvalue weighted by molar-refractivity contribution is -0.137. The molecule has 1 fully saturated rings. The van der Waals surface area contributed by atoms with Crippen molar-refractivity contribution >= 4 is 29.1 Å². The fourth-order valence-electron chi connectivity index (χ4n) is 3.02. The Hall–Kier alpha value is -2.61. The van der Waals surface area contributed by atoms with Crippen LogP contribution in [-0.4, -0.2) is 34.8 Å². The lowest BCUT2D eigenvalue weighted by atomic mass is 9.95. The van der Waals surface area contributed by atoms with Crippen molar-refractivity contribution in [2.75, 3.05) is 18.4 Å². The molecule has 0 spiro atoms. The zero-order valence-electron chi connectivity index (χ0n) is 14.7. The molecule has 1 saturated heterocycles. The molecular formula is C19H17ClF3N3O2. The van der Waals surface area contributed by atoms with Crippen LogP contribution in [0.3, 0.4) is 0 Å². The Kier molecular flexibility index (Phi) is 5.88. The van der Waals surface area contributed by atoms with E-state index >= 15 is 0 Å². The second-order valence-corrected chi connectivity index (χ2v) is 6.89. The fourth-order valence-corrected chi connectivity index (χ4v) is 3.13. The van der Waals surface area contributed by atoms with E-state index in [1.165, 1.54) is 18.3 Å². The van der Waals surface area contributed by atoms with Crippen LogP contribution in [0.15, 0.2) is 42.6 Å². The van der Waals surface area contributed by atoms with Crippen molar-refractivity contribution in [1.82, 2.24) is 9.88 Å². The van der Waals surface area contributed by atoms with Gasteiger partial charge >= 0.3 is 6.18 Å². The van der Waals surface area contributed by atoms with Gasteiger partial charge in [0.05, 0.1) is 17.4 Å². The summed E-state index contributed by atoms with van der Waals surface area (Å²) in [6.45, 7) is 0.716. The molecule has 1 aliphatic rings. The highest BCUT2D eigenvalue weighted by Crippen LogP contribution is 2.29. The first kappa shape index (κ1) is 20.1. The van der Waals surface area contributed by atoms with Crippen molar-refractivity contribution in [3.8, 4) is 0 Å². The number of hydrogen-bond acceptors (Lipinski definition) is 3. The van der Waals surface area contributed by atoms with Crippen LogP contribution in [0.25, 0.3) is 0 Å². The quantitative estimate of drug-likeness (QED) is 0.768. The topological polar surface area (TPSA) is 62.3 Å². The zero-order valence-corrected chi connectivity index (χ0v) is 15.4. The number of hydrogen-bond donors (Lipinski definition) is 1. The summed E-state index contributed by atoms with van der Waals surface area (Å²) >= 11 is 5.71. The highest BCUT2D eigenvalue weighted by atomic mass is 35.5. The predicted octanol–water partition coefficient (Wildman–Crippen LogP) is 4.24. The molecule has 2 aromatic rings. The molecule has 0 bridgehead atoms. The first-order valence-electron chi connectivity index (χ1n) is 8.63. The summed E-state index contributed by atoms with van der Waals surface area (Å²) < 4.78 is 37.9. The minimum absolute atomic E-state index is 0.161. The van der Waals surface area contributed by atoms with E-state index in [0.29, 0.717) is 36.8 Å². The van der Waals surface area contributed by atoms with Crippen LogP contribution in [0.4, 0.5) is 18.9 Å². The zero-order chi connectivity index (χ0) is 20.3. The average Bonchev–Trinajstić information content (AvgIpc) is 2.69. The van der Waals surface area contributed by atoms with Crippen molar-refractivity contribution in [3.63, 3.8) is 0 Å². The van der Waals surface area contributed by atoms with E-state index in [-0.39, 0.29) is 23.3 Å². The Morgan fingerprint density at radius 1 is 1.07 bits per heavy atom. The maximum Gasteiger partial charge on any atom is 0.416 e. The number of carbonyl (C=O) groups is 2. The number of alkyl halides is 3. The minimum Gasteiger partial charge on any atom is -0.339 e. The number of anilines is 1.